The van der Waals surface area contributed by atoms with Crippen LogP contribution in [0.3, 0.4) is 0 Å². The van der Waals surface area contributed by atoms with E-state index in [2.05, 4.69) is 38.3 Å². The summed E-state index contributed by atoms with van der Waals surface area (Å²) in [5.74, 6) is 3.78. The molecule has 12 atom stereocenters. The lowest BCUT2D eigenvalue weighted by Crippen LogP contribution is -2.59. The van der Waals surface area contributed by atoms with Crippen molar-refractivity contribution in [2.75, 3.05) is 19.9 Å². The molecule has 4 saturated carbocycles. The van der Waals surface area contributed by atoms with Crippen LogP contribution in [0, 0.1) is 52.3 Å². The highest BCUT2D eigenvalue weighted by Crippen LogP contribution is 2.70. The van der Waals surface area contributed by atoms with E-state index in [9.17, 15) is 14.4 Å². The number of Topliss-reactive ketones (excluding diaryl/α,β-unsaturated/α-hetero) is 1. The Morgan fingerprint density at radius 1 is 0.958 bits per heavy atom. The van der Waals surface area contributed by atoms with Crippen LogP contribution in [0.5, 0.6) is 11.5 Å². The van der Waals surface area contributed by atoms with Gasteiger partial charge in [0, 0.05) is 42.7 Å². The van der Waals surface area contributed by atoms with Crippen LogP contribution in [-0.2, 0) is 30.3 Å². The molecule has 4 aliphatic carbocycles. The summed E-state index contributed by atoms with van der Waals surface area (Å²) in [7, 11) is 0. The molecular weight excluding hydrogens is 608 g/mol. The highest BCUT2D eigenvalue weighted by molar-refractivity contribution is 5.97. The highest BCUT2D eigenvalue weighted by atomic mass is 16.7. The molecule has 0 radical (unpaired) electrons. The molecule has 48 heavy (non-hydrogen) atoms. The maximum atomic E-state index is 14.4. The first-order chi connectivity index (χ1) is 23.0. The van der Waals surface area contributed by atoms with E-state index in [4.69, 9.17) is 18.9 Å². The summed E-state index contributed by atoms with van der Waals surface area (Å²) in [5, 5.41) is 6.09. The summed E-state index contributed by atoms with van der Waals surface area (Å²) < 4.78 is 24.1. The molecule has 9 nitrogen and oxygen atoms in total. The van der Waals surface area contributed by atoms with Gasteiger partial charge in [-0.3, -0.25) is 14.4 Å². The number of hydrogen-bond acceptors (Lipinski definition) is 7. The van der Waals surface area contributed by atoms with Crippen LogP contribution in [0.15, 0.2) is 18.2 Å². The largest absolute Gasteiger partial charge is 0.454 e. The first-order valence-corrected chi connectivity index (χ1v) is 18.8. The van der Waals surface area contributed by atoms with Crippen molar-refractivity contribution in [3.05, 3.63) is 23.8 Å². The zero-order valence-electron chi connectivity index (χ0n) is 29.2. The fourth-order valence-corrected chi connectivity index (χ4v) is 12.0. The Bertz CT molecular complexity index is 1460. The Morgan fingerprint density at radius 3 is 2.60 bits per heavy atom. The predicted octanol–water partition coefficient (Wildman–Crippen LogP) is 5.57. The zero-order chi connectivity index (χ0) is 33.4. The van der Waals surface area contributed by atoms with Gasteiger partial charge in [-0.05, 0) is 104 Å². The van der Waals surface area contributed by atoms with Crippen molar-refractivity contribution in [3.63, 3.8) is 0 Å². The minimum Gasteiger partial charge on any atom is -0.454 e. The Balaban J connectivity index is 0.851. The standard InChI is InChI=1S/C39H54N2O7/c1-22-9-13-39(47-20-22)23(2)36-32(48-39)17-29-27-7-6-25-16-26(10-12-37(25,3)28(27)18-33(42)38(29,36)4)41-35(44)19-34(43)40-14-11-24-5-8-30-31(15-24)46-21-45-30/h5,8,15,22-23,25-29,32,36H,6-7,9-14,16-21H2,1-4H3,(H,40,43)(H,41,44)/t22-,23+,25+,26?,27-,28+,29+,32+,36+,37+,38-,39-/m1/s1. The first kappa shape index (κ1) is 32.5. The number of ether oxygens (including phenoxy) is 4. The van der Waals surface area contributed by atoms with E-state index in [0.29, 0.717) is 54.8 Å². The Morgan fingerprint density at radius 2 is 1.79 bits per heavy atom. The predicted molar refractivity (Wildman–Crippen MR) is 178 cm³/mol. The molecule has 8 rings (SSSR count). The molecule has 2 N–H and O–H groups in total. The monoisotopic (exact) mass is 662 g/mol. The fraction of sp³-hybridized carbons (Fsp3) is 0.769. The quantitative estimate of drug-likeness (QED) is 0.383. The highest BCUT2D eigenvalue weighted by Gasteiger charge is 2.71. The van der Waals surface area contributed by atoms with Gasteiger partial charge in [-0.25, -0.2) is 0 Å². The van der Waals surface area contributed by atoms with Crippen molar-refractivity contribution in [2.24, 2.45) is 52.3 Å². The number of nitrogens with one attached hydrogen (secondary N) is 2. The number of ketones is 1. The minimum atomic E-state index is -0.506. The maximum absolute atomic E-state index is 14.4. The van der Waals surface area contributed by atoms with Crippen LogP contribution in [0.1, 0.15) is 97.5 Å². The van der Waals surface area contributed by atoms with E-state index < -0.39 is 5.79 Å². The fourth-order valence-electron chi connectivity index (χ4n) is 12.0. The third-order valence-corrected chi connectivity index (χ3v) is 14.7. The summed E-state index contributed by atoms with van der Waals surface area (Å²) in [4.78, 5) is 39.9. The summed E-state index contributed by atoms with van der Waals surface area (Å²) in [6, 6.07) is 5.86. The van der Waals surface area contributed by atoms with Crippen molar-refractivity contribution in [1.82, 2.24) is 10.6 Å². The topological polar surface area (TPSA) is 112 Å². The van der Waals surface area contributed by atoms with Crippen molar-refractivity contribution in [3.8, 4) is 11.5 Å². The van der Waals surface area contributed by atoms with Gasteiger partial charge >= 0.3 is 0 Å². The van der Waals surface area contributed by atoms with E-state index >= 15 is 0 Å². The SMILES string of the molecule is C[C@@H]1CC[C@@]2(OC1)O[C@H]1C[C@H]3[C@@H]4CC[C@H]5CC(NC(=O)CC(=O)NCCc6ccc7c(c6)OCO7)CC[C@]5(C)[C@H]4CC(=O)[C@]3(C)[C@H]1[C@@H]2C. The second-order valence-corrected chi connectivity index (χ2v) is 17.0. The summed E-state index contributed by atoms with van der Waals surface area (Å²) >= 11 is 0. The molecule has 1 spiro atoms. The summed E-state index contributed by atoms with van der Waals surface area (Å²) in [5.41, 5.74) is 0.811. The van der Waals surface area contributed by atoms with Gasteiger partial charge in [-0.15, -0.1) is 0 Å². The summed E-state index contributed by atoms with van der Waals surface area (Å²) in [6.45, 7) is 10.7. The van der Waals surface area contributed by atoms with Gasteiger partial charge < -0.3 is 29.6 Å². The van der Waals surface area contributed by atoms with E-state index in [1.165, 1.54) is 0 Å². The molecule has 0 bridgehead atoms. The maximum Gasteiger partial charge on any atom is 0.231 e. The number of benzene rings is 1. The number of amides is 2. The lowest BCUT2D eigenvalue weighted by atomic mass is 9.44. The molecule has 1 unspecified atom stereocenters. The number of hydrogen-bond donors (Lipinski definition) is 2. The molecule has 1 aromatic carbocycles. The molecule has 2 saturated heterocycles. The van der Waals surface area contributed by atoms with Gasteiger partial charge in [0.05, 0.1) is 12.7 Å². The van der Waals surface area contributed by atoms with Crippen LogP contribution < -0.4 is 20.1 Å². The Labute approximate surface area is 284 Å². The zero-order valence-corrected chi connectivity index (χ0v) is 29.2. The van der Waals surface area contributed by atoms with Crippen LogP contribution in [0.25, 0.3) is 0 Å². The molecule has 1 aromatic rings. The van der Waals surface area contributed by atoms with Gasteiger partial charge in [-0.1, -0.05) is 33.8 Å². The second-order valence-electron chi connectivity index (χ2n) is 17.0. The Kier molecular flexibility index (Phi) is 8.13. The molecule has 2 amide bonds. The van der Waals surface area contributed by atoms with Gasteiger partial charge in [0.2, 0.25) is 18.6 Å². The third kappa shape index (κ3) is 5.19. The van der Waals surface area contributed by atoms with Gasteiger partial charge in [0.15, 0.2) is 17.3 Å². The number of carbonyl (C=O) groups excluding carboxylic acids is 3. The lowest BCUT2D eigenvalue weighted by Gasteiger charge is -2.60. The van der Waals surface area contributed by atoms with Crippen LogP contribution >= 0.6 is 0 Å². The molecule has 9 heteroatoms. The summed E-state index contributed by atoms with van der Waals surface area (Å²) in [6.07, 6.45) is 9.46. The smallest absolute Gasteiger partial charge is 0.231 e. The van der Waals surface area contributed by atoms with Crippen molar-refractivity contribution >= 4 is 17.6 Å². The number of rotatable bonds is 6. The lowest BCUT2D eigenvalue weighted by molar-refractivity contribution is -0.272. The van der Waals surface area contributed by atoms with Gasteiger partial charge in [0.1, 0.15) is 12.2 Å². The van der Waals surface area contributed by atoms with E-state index in [1.54, 1.807) is 0 Å². The van der Waals surface area contributed by atoms with E-state index in [-0.39, 0.29) is 59.8 Å². The van der Waals surface area contributed by atoms with Gasteiger partial charge in [0.25, 0.3) is 0 Å². The normalized spacial score (nSPS) is 44.0. The second kappa shape index (κ2) is 12.0. The van der Waals surface area contributed by atoms with Crippen LogP contribution in [0.2, 0.25) is 0 Å². The van der Waals surface area contributed by atoms with Crippen molar-refractivity contribution in [1.29, 1.82) is 0 Å². The van der Waals surface area contributed by atoms with Crippen LogP contribution in [-0.4, -0.2) is 55.5 Å². The van der Waals surface area contributed by atoms with Gasteiger partial charge in [-0.2, -0.15) is 0 Å². The molecule has 3 heterocycles. The first-order valence-electron chi connectivity index (χ1n) is 18.8. The number of carbonyl (C=O) groups is 3. The molecule has 262 valence electrons. The molecule has 7 aliphatic rings. The van der Waals surface area contributed by atoms with E-state index in [1.807, 2.05) is 18.2 Å². The van der Waals surface area contributed by atoms with Crippen molar-refractivity contribution in [2.45, 2.75) is 116 Å². The van der Waals surface area contributed by atoms with Crippen LogP contribution in [0.4, 0.5) is 0 Å². The van der Waals surface area contributed by atoms with Crippen molar-refractivity contribution < 1.29 is 33.3 Å². The average Bonchev–Trinajstić information content (AvgIpc) is 3.72. The molecule has 6 fully saturated rings. The number of fused-ring (bicyclic) bond motifs is 8. The average molecular weight is 663 g/mol. The molecular formula is C39H54N2O7. The molecule has 0 aromatic heterocycles. The minimum absolute atomic E-state index is 0.0765. The Hall–Kier alpha value is -2.65. The third-order valence-electron chi connectivity index (χ3n) is 14.7. The molecule has 3 aliphatic heterocycles. The van der Waals surface area contributed by atoms with E-state index in [0.717, 1.165) is 75.0 Å².